The van der Waals surface area contributed by atoms with Crippen LogP contribution in [0.25, 0.3) is 0 Å². The minimum absolute atomic E-state index is 0.202. The lowest BCUT2D eigenvalue weighted by Gasteiger charge is -2.20. The van der Waals surface area contributed by atoms with Crippen molar-refractivity contribution >= 4 is 5.69 Å². The van der Waals surface area contributed by atoms with E-state index in [1.165, 1.54) is 0 Å². The zero-order valence-electron chi connectivity index (χ0n) is 10.6. The Morgan fingerprint density at radius 3 is 2.56 bits per heavy atom. The fraction of sp³-hybridized carbons (Fsp3) is 0.538. The standard InChI is InChI=1S/C13H22N2O/c1-5-16-12-7-6-11(8-10(12)2)15-9-13(3,4)14/h6-8,15H,5,9,14H2,1-4H3. The lowest BCUT2D eigenvalue weighted by atomic mass is 10.1. The molecule has 0 heterocycles. The number of anilines is 1. The number of aryl methyl sites for hydroxylation is 1. The summed E-state index contributed by atoms with van der Waals surface area (Å²) in [5.41, 5.74) is 7.93. The summed E-state index contributed by atoms with van der Waals surface area (Å²) < 4.78 is 5.48. The molecule has 3 nitrogen and oxygen atoms in total. The summed E-state index contributed by atoms with van der Waals surface area (Å²) in [4.78, 5) is 0. The van der Waals surface area contributed by atoms with Crippen molar-refractivity contribution < 1.29 is 4.74 Å². The van der Waals surface area contributed by atoms with Gasteiger partial charge in [-0.25, -0.2) is 0 Å². The van der Waals surface area contributed by atoms with E-state index >= 15 is 0 Å². The second-order valence-electron chi connectivity index (χ2n) is 4.76. The van der Waals surface area contributed by atoms with E-state index in [4.69, 9.17) is 10.5 Å². The van der Waals surface area contributed by atoms with Crippen LogP contribution in [0.15, 0.2) is 18.2 Å². The highest BCUT2D eigenvalue weighted by Crippen LogP contribution is 2.22. The number of ether oxygens (including phenoxy) is 1. The average Bonchev–Trinajstić information content (AvgIpc) is 2.18. The van der Waals surface area contributed by atoms with Crippen molar-refractivity contribution in [3.63, 3.8) is 0 Å². The van der Waals surface area contributed by atoms with Crippen LogP contribution < -0.4 is 15.8 Å². The van der Waals surface area contributed by atoms with Gasteiger partial charge in [0.2, 0.25) is 0 Å². The van der Waals surface area contributed by atoms with Crippen LogP contribution in [0.1, 0.15) is 26.3 Å². The highest BCUT2D eigenvalue weighted by Gasteiger charge is 2.10. The first-order valence-corrected chi connectivity index (χ1v) is 5.68. The molecule has 0 aliphatic rings. The van der Waals surface area contributed by atoms with Crippen molar-refractivity contribution in [2.75, 3.05) is 18.5 Å². The number of nitrogens with two attached hydrogens (primary N) is 1. The van der Waals surface area contributed by atoms with Gasteiger partial charge in [0, 0.05) is 17.8 Å². The van der Waals surface area contributed by atoms with Crippen LogP contribution >= 0.6 is 0 Å². The van der Waals surface area contributed by atoms with Crippen LogP contribution in [0.5, 0.6) is 5.75 Å². The maximum atomic E-state index is 5.91. The first-order chi connectivity index (χ1) is 7.42. The lowest BCUT2D eigenvalue weighted by molar-refractivity contribution is 0.338. The second-order valence-corrected chi connectivity index (χ2v) is 4.76. The molecule has 0 aliphatic carbocycles. The van der Waals surface area contributed by atoms with Gasteiger partial charge >= 0.3 is 0 Å². The highest BCUT2D eigenvalue weighted by atomic mass is 16.5. The highest BCUT2D eigenvalue weighted by molar-refractivity contribution is 5.51. The average molecular weight is 222 g/mol. The summed E-state index contributed by atoms with van der Waals surface area (Å²) in [5.74, 6) is 0.944. The quantitative estimate of drug-likeness (QED) is 0.805. The van der Waals surface area contributed by atoms with Gasteiger partial charge in [-0.3, -0.25) is 0 Å². The Morgan fingerprint density at radius 1 is 1.38 bits per heavy atom. The lowest BCUT2D eigenvalue weighted by Crippen LogP contribution is -2.39. The monoisotopic (exact) mass is 222 g/mol. The molecule has 3 N–H and O–H groups in total. The van der Waals surface area contributed by atoms with Crippen LogP contribution in [0, 0.1) is 6.92 Å². The van der Waals surface area contributed by atoms with Crippen molar-refractivity contribution in [1.82, 2.24) is 0 Å². The van der Waals surface area contributed by atoms with Gasteiger partial charge in [-0.15, -0.1) is 0 Å². The van der Waals surface area contributed by atoms with Crippen LogP contribution in [0.3, 0.4) is 0 Å². The molecule has 0 aliphatic heterocycles. The molecule has 0 radical (unpaired) electrons. The van der Waals surface area contributed by atoms with Gasteiger partial charge in [-0.05, 0) is 51.5 Å². The maximum Gasteiger partial charge on any atom is 0.122 e. The van der Waals surface area contributed by atoms with E-state index in [0.29, 0.717) is 6.61 Å². The minimum atomic E-state index is -0.202. The summed E-state index contributed by atoms with van der Waals surface area (Å²) in [5, 5.41) is 3.31. The summed E-state index contributed by atoms with van der Waals surface area (Å²) >= 11 is 0. The summed E-state index contributed by atoms with van der Waals surface area (Å²) in [7, 11) is 0. The van der Waals surface area contributed by atoms with E-state index in [1.54, 1.807) is 0 Å². The molecule has 0 saturated heterocycles. The Hall–Kier alpha value is -1.22. The van der Waals surface area contributed by atoms with Gasteiger partial charge in [0.05, 0.1) is 6.61 Å². The minimum Gasteiger partial charge on any atom is -0.494 e. The fourth-order valence-electron chi connectivity index (χ4n) is 1.41. The smallest absolute Gasteiger partial charge is 0.122 e. The number of rotatable bonds is 5. The predicted molar refractivity (Wildman–Crippen MR) is 69.1 cm³/mol. The molecule has 0 unspecified atom stereocenters. The largest absolute Gasteiger partial charge is 0.494 e. The summed E-state index contributed by atoms with van der Waals surface area (Å²) in [6.07, 6.45) is 0. The molecule has 0 atom stereocenters. The summed E-state index contributed by atoms with van der Waals surface area (Å²) in [6.45, 7) is 9.49. The van der Waals surface area contributed by atoms with Crippen molar-refractivity contribution in [1.29, 1.82) is 0 Å². The third-order valence-electron chi connectivity index (χ3n) is 2.22. The van der Waals surface area contributed by atoms with E-state index in [-0.39, 0.29) is 5.54 Å². The molecule has 90 valence electrons. The van der Waals surface area contributed by atoms with Gasteiger partial charge in [-0.2, -0.15) is 0 Å². The number of nitrogens with one attached hydrogen (secondary N) is 1. The predicted octanol–water partition coefficient (Wildman–Crippen LogP) is 2.54. The molecule has 1 aromatic rings. The van der Waals surface area contributed by atoms with Gasteiger partial charge in [-0.1, -0.05) is 0 Å². The molecule has 0 aromatic heterocycles. The molecule has 1 aromatic carbocycles. The van der Waals surface area contributed by atoms with Crippen molar-refractivity contribution in [2.45, 2.75) is 33.2 Å². The zero-order chi connectivity index (χ0) is 12.2. The number of hydrogen-bond donors (Lipinski definition) is 2. The van der Waals surface area contributed by atoms with E-state index in [0.717, 1.165) is 23.5 Å². The SMILES string of the molecule is CCOc1ccc(NCC(C)(C)N)cc1C. The van der Waals surface area contributed by atoms with Crippen LogP contribution in [-0.2, 0) is 0 Å². The number of benzene rings is 1. The van der Waals surface area contributed by atoms with E-state index in [2.05, 4.69) is 11.4 Å². The zero-order valence-corrected chi connectivity index (χ0v) is 10.6. The van der Waals surface area contributed by atoms with E-state index in [1.807, 2.05) is 39.8 Å². The molecule has 0 spiro atoms. The first-order valence-electron chi connectivity index (χ1n) is 5.68. The molecular formula is C13H22N2O. The van der Waals surface area contributed by atoms with Crippen LogP contribution in [-0.4, -0.2) is 18.7 Å². The maximum absolute atomic E-state index is 5.91. The third-order valence-corrected chi connectivity index (χ3v) is 2.22. The molecule has 0 bridgehead atoms. The van der Waals surface area contributed by atoms with Gasteiger partial charge in [0.1, 0.15) is 5.75 Å². The molecule has 0 saturated carbocycles. The first kappa shape index (κ1) is 12.8. The molecular weight excluding hydrogens is 200 g/mol. The van der Waals surface area contributed by atoms with Gasteiger partial charge in [0.15, 0.2) is 0 Å². The van der Waals surface area contributed by atoms with Gasteiger partial charge < -0.3 is 15.8 Å². The van der Waals surface area contributed by atoms with Crippen molar-refractivity contribution in [3.05, 3.63) is 23.8 Å². The van der Waals surface area contributed by atoms with E-state index in [9.17, 15) is 0 Å². The normalized spacial score (nSPS) is 11.3. The molecule has 0 amide bonds. The molecule has 3 heteroatoms. The Labute approximate surface area is 98.0 Å². The van der Waals surface area contributed by atoms with Crippen molar-refractivity contribution in [2.24, 2.45) is 5.73 Å². The fourth-order valence-corrected chi connectivity index (χ4v) is 1.41. The van der Waals surface area contributed by atoms with E-state index < -0.39 is 0 Å². The Morgan fingerprint density at radius 2 is 2.06 bits per heavy atom. The molecule has 1 rings (SSSR count). The second kappa shape index (κ2) is 5.21. The van der Waals surface area contributed by atoms with Crippen LogP contribution in [0.4, 0.5) is 5.69 Å². The summed E-state index contributed by atoms with van der Waals surface area (Å²) in [6, 6.07) is 6.09. The van der Waals surface area contributed by atoms with Crippen molar-refractivity contribution in [3.8, 4) is 5.75 Å². The Balaban J connectivity index is 2.66. The van der Waals surface area contributed by atoms with Gasteiger partial charge in [0.25, 0.3) is 0 Å². The van der Waals surface area contributed by atoms with Crippen LogP contribution in [0.2, 0.25) is 0 Å². The number of hydrogen-bond acceptors (Lipinski definition) is 3. The topological polar surface area (TPSA) is 47.3 Å². The molecule has 16 heavy (non-hydrogen) atoms. The third kappa shape index (κ3) is 4.11. The Bertz CT molecular complexity index is 342. The Kier molecular flexibility index (Phi) is 4.19. The molecule has 0 fully saturated rings.